The third kappa shape index (κ3) is 6.32. The van der Waals surface area contributed by atoms with Gasteiger partial charge in [-0.3, -0.25) is 4.79 Å². The van der Waals surface area contributed by atoms with Gasteiger partial charge in [-0.15, -0.1) is 9.60 Å². The molecule has 1 aromatic carbocycles. The molecule has 0 bridgehead atoms. The van der Waals surface area contributed by atoms with Gasteiger partial charge in [0.05, 0.1) is 6.10 Å². The molecule has 2 rings (SSSR count). The number of aliphatic hydroxyl groups is 1. The van der Waals surface area contributed by atoms with E-state index in [1.165, 1.54) is 0 Å². The van der Waals surface area contributed by atoms with E-state index in [2.05, 4.69) is 4.74 Å². The van der Waals surface area contributed by atoms with Crippen molar-refractivity contribution in [2.24, 2.45) is 0 Å². The summed E-state index contributed by atoms with van der Waals surface area (Å²) >= 11 is 0. The van der Waals surface area contributed by atoms with Crippen molar-refractivity contribution in [3.05, 3.63) is 35.9 Å². The van der Waals surface area contributed by atoms with Gasteiger partial charge < -0.3 is 9.84 Å². The van der Waals surface area contributed by atoms with Crippen molar-refractivity contribution in [3.63, 3.8) is 0 Å². The Morgan fingerprint density at radius 1 is 1.33 bits per heavy atom. The second kappa shape index (κ2) is 8.60. The minimum Gasteiger partial charge on any atom is -0.463 e. The van der Waals surface area contributed by atoms with Gasteiger partial charge >= 0.3 is 0 Å². The summed E-state index contributed by atoms with van der Waals surface area (Å²) in [4.78, 5) is 9.76. The lowest BCUT2D eigenvalue weighted by atomic mass is 10.1. The van der Waals surface area contributed by atoms with Crippen LogP contribution in [0.2, 0.25) is 0 Å². The molecule has 1 fully saturated rings. The minimum atomic E-state index is -0.262. The fourth-order valence-corrected chi connectivity index (χ4v) is 1.54. The molecule has 0 saturated carbocycles. The molecule has 1 saturated heterocycles. The van der Waals surface area contributed by atoms with Crippen molar-refractivity contribution in [1.29, 1.82) is 0 Å². The van der Waals surface area contributed by atoms with Crippen molar-refractivity contribution in [1.82, 2.24) is 5.12 Å². The van der Waals surface area contributed by atoms with Gasteiger partial charge in [-0.05, 0) is 18.4 Å². The number of benzene rings is 1. The molecule has 1 heterocycles. The molecule has 0 unspecified atom stereocenters. The van der Waals surface area contributed by atoms with Crippen LogP contribution in [-0.2, 0) is 16.1 Å². The van der Waals surface area contributed by atoms with Crippen LogP contribution in [0.5, 0.6) is 0 Å². The lowest BCUT2D eigenvalue weighted by Crippen LogP contribution is -2.29. The van der Waals surface area contributed by atoms with Crippen molar-refractivity contribution in [3.8, 4) is 0 Å². The van der Waals surface area contributed by atoms with Crippen molar-refractivity contribution in [2.45, 2.75) is 25.6 Å². The fraction of sp³-hybridized carbons (Fsp3) is 0.462. The van der Waals surface area contributed by atoms with E-state index >= 15 is 0 Å². The number of aliphatic hydroxyl groups excluding tert-OH is 1. The Balaban J connectivity index is 0.000000184. The van der Waals surface area contributed by atoms with Gasteiger partial charge in [-0.2, -0.15) is 0 Å². The second-order valence-corrected chi connectivity index (χ2v) is 4.03. The molecule has 0 atom stereocenters. The monoisotopic (exact) mass is 255 g/mol. The zero-order valence-electron chi connectivity index (χ0n) is 10.2. The van der Waals surface area contributed by atoms with Gasteiger partial charge in [-0.25, -0.2) is 0 Å². The molecule has 100 valence electrons. The van der Waals surface area contributed by atoms with Crippen molar-refractivity contribution >= 4 is 6.47 Å². The third-order valence-corrected chi connectivity index (χ3v) is 2.57. The van der Waals surface area contributed by atoms with Crippen LogP contribution in [0.4, 0.5) is 4.48 Å². The molecular weight excluding hydrogens is 237 g/mol. The molecule has 1 aliphatic rings. The Bertz CT molecular complexity index is 316. The maximum atomic E-state index is 12.1. The molecule has 1 aromatic rings. The van der Waals surface area contributed by atoms with E-state index < -0.39 is 0 Å². The van der Waals surface area contributed by atoms with Gasteiger partial charge in [0.1, 0.15) is 6.61 Å². The molecule has 0 aromatic heterocycles. The number of ether oxygens (including phenoxy) is 1. The standard InChI is InChI=1S/C8H8O2.C5H10FNO/c9-7-10-6-8-4-2-1-3-5-8;6-7-3-1-5(8)2-4-7/h1-5,7H,6H2;5,8H,1-4H2. The molecule has 18 heavy (non-hydrogen) atoms. The Kier molecular flexibility index (Phi) is 6.98. The first kappa shape index (κ1) is 14.6. The van der Waals surface area contributed by atoms with Crippen LogP contribution in [0.1, 0.15) is 18.4 Å². The summed E-state index contributed by atoms with van der Waals surface area (Å²) in [5.74, 6) is 0. The van der Waals surface area contributed by atoms with E-state index in [0.717, 1.165) is 10.7 Å². The first-order valence-electron chi connectivity index (χ1n) is 5.90. The predicted octanol–water partition coefficient (Wildman–Crippen LogP) is 1.69. The van der Waals surface area contributed by atoms with Crippen LogP contribution in [-0.4, -0.2) is 35.9 Å². The number of hydrogen-bond donors (Lipinski definition) is 1. The first-order chi connectivity index (χ1) is 8.72. The van der Waals surface area contributed by atoms with E-state index in [1.807, 2.05) is 30.3 Å². The molecule has 0 spiro atoms. The fourth-order valence-electron chi connectivity index (χ4n) is 1.54. The van der Waals surface area contributed by atoms with Crippen molar-refractivity contribution in [2.75, 3.05) is 13.1 Å². The topological polar surface area (TPSA) is 49.8 Å². The minimum absolute atomic E-state index is 0.262. The first-order valence-corrected chi connectivity index (χ1v) is 5.90. The van der Waals surface area contributed by atoms with Crippen LogP contribution in [0.25, 0.3) is 0 Å². The number of piperidine rings is 1. The number of carbonyl (C=O) groups excluding carboxylic acids is 1. The summed E-state index contributed by atoms with van der Waals surface area (Å²) in [7, 11) is 0. The molecule has 0 aliphatic carbocycles. The summed E-state index contributed by atoms with van der Waals surface area (Å²) in [5.41, 5.74) is 1.01. The highest BCUT2D eigenvalue weighted by Gasteiger charge is 2.15. The Morgan fingerprint density at radius 3 is 2.44 bits per heavy atom. The number of nitrogens with zero attached hydrogens (tertiary/aromatic N) is 1. The van der Waals surface area contributed by atoms with Crippen LogP contribution in [0.3, 0.4) is 0 Å². The van der Waals surface area contributed by atoms with Crippen LogP contribution >= 0.6 is 0 Å². The van der Waals surface area contributed by atoms with Gasteiger partial charge in [0, 0.05) is 13.1 Å². The quantitative estimate of drug-likeness (QED) is 0.659. The summed E-state index contributed by atoms with van der Waals surface area (Å²) in [6.45, 7) is 1.60. The average Bonchev–Trinajstić information content (AvgIpc) is 2.42. The van der Waals surface area contributed by atoms with E-state index in [9.17, 15) is 9.28 Å². The summed E-state index contributed by atoms with van der Waals surface area (Å²) in [6, 6.07) is 9.55. The highest BCUT2D eigenvalue weighted by Crippen LogP contribution is 2.08. The van der Waals surface area contributed by atoms with Gasteiger partial charge in [-0.1, -0.05) is 30.3 Å². The number of halogens is 1. The lowest BCUT2D eigenvalue weighted by molar-refractivity contribution is -0.129. The third-order valence-electron chi connectivity index (χ3n) is 2.57. The Morgan fingerprint density at radius 2 is 1.94 bits per heavy atom. The normalized spacial score (nSPS) is 16.6. The zero-order valence-corrected chi connectivity index (χ0v) is 10.2. The van der Waals surface area contributed by atoms with Crippen molar-refractivity contribution < 1.29 is 19.1 Å². The van der Waals surface area contributed by atoms with E-state index in [0.29, 0.717) is 39.0 Å². The molecule has 1 N–H and O–H groups in total. The summed E-state index contributed by atoms with van der Waals surface area (Å²) < 4.78 is 16.6. The number of carbonyl (C=O) groups is 1. The number of rotatable bonds is 3. The Labute approximate surface area is 106 Å². The van der Waals surface area contributed by atoms with E-state index in [-0.39, 0.29) is 6.10 Å². The number of hydrogen-bond acceptors (Lipinski definition) is 4. The summed E-state index contributed by atoms with van der Waals surface area (Å²) in [5, 5.41) is 9.58. The lowest BCUT2D eigenvalue weighted by Gasteiger charge is -2.21. The van der Waals surface area contributed by atoms with Gasteiger partial charge in [0.2, 0.25) is 0 Å². The molecule has 0 amide bonds. The smallest absolute Gasteiger partial charge is 0.293 e. The maximum absolute atomic E-state index is 12.1. The molecule has 1 aliphatic heterocycles. The largest absolute Gasteiger partial charge is 0.463 e. The van der Waals surface area contributed by atoms with Crippen LogP contribution in [0, 0.1) is 0 Å². The van der Waals surface area contributed by atoms with Crippen LogP contribution < -0.4 is 0 Å². The van der Waals surface area contributed by atoms with E-state index in [1.54, 1.807) is 0 Å². The second-order valence-electron chi connectivity index (χ2n) is 4.03. The average molecular weight is 255 g/mol. The molecule has 4 nitrogen and oxygen atoms in total. The summed E-state index contributed by atoms with van der Waals surface area (Å²) in [6.07, 6.45) is 0.898. The molecule has 5 heteroatoms. The molecule has 0 radical (unpaired) electrons. The highest BCUT2D eigenvalue weighted by molar-refractivity contribution is 5.37. The van der Waals surface area contributed by atoms with Crippen LogP contribution in [0.15, 0.2) is 30.3 Å². The van der Waals surface area contributed by atoms with Gasteiger partial charge in [0.15, 0.2) is 0 Å². The highest BCUT2D eigenvalue weighted by atomic mass is 19.2. The Hall–Kier alpha value is -1.46. The van der Waals surface area contributed by atoms with E-state index in [4.69, 9.17) is 5.11 Å². The maximum Gasteiger partial charge on any atom is 0.293 e. The molecular formula is C13H18FNO3. The predicted molar refractivity (Wildman–Crippen MR) is 65.2 cm³/mol. The zero-order chi connectivity index (χ0) is 13.2. The van der Waals surface area contributed by atoms with Gasteiger partial charge in [0.25, 0.3) is 6.47 Å². The SMILES string of the molecule is O=COCc1ccccc1.OC1CCN(F)CC1.